The topological polar surface area (TPSA) is 127 Å². The molecule has 3 amide bonds. The van der Waals surface area contributed by atoms with Crippen LogP contribution < -0.4 is 25.5 Å². The number of ether oxygens (including phenoxy) is 3. The summed E-state index contributed by atoms with van der Waals surface area (Å²) in [5.41, 5.74) is 3.19. The molecule has 2 aromatic rings. The Bertz CT molecular complexity index is 1170. The molecular formula is C24H25Cl2IN4O6. The number of amides is 3. The van der Waals surface area contributed by atoms with Crippen molar-refractivity contribution < 1.29 is 28.6 Å². The zero-order valence-corrected chi connectivity index (χ0v) is 23.5. The lowest BCUT2D eigenvalue weighted by molar-refractivity contribution is -0.139. The molecule has 2 aromatic carbocycles. The lowest BCUT2D eigenvalue weighted by atomic mass is 10.2. The zero-order valence-electron chi connectivity index (χ0n) is 19.8. The molecule has 1 heterocycles. The number of hydrogen-bond donors (Lipinski definition) is 3. The maximum atomic E-state index is 12.4. The normalized spacial score (nSPS) is 14.9. The van der Waals surface area contributed by atoms with Crippen LogP contribution in [0.1, 0.15) is 25.3 Å². The first-order valence-electron chi connectivity index (χ1n) is 11.3. The number of carbonyl (C=O) groups is 3. The molecule has 3 rings (SSSR count). The number of hydrazone groups is 1. The van der Waals surface area contributed by atoms with Crippen molar-refractivity contribution >= 4 is 75.4 Å². The molecular weight excluding hydrogens is 638 g/mol. The number of hydrogen-bond acceptors (Lipinski definition) is 7. The number of halogens is 3. The van der Waals surface area contributed by atoms with Crippen molar-refractivity contribution in [2.24, 2.45) is 5.10 Å². The molecule has 37 heavy (non-hydrogen) atoms. The molecule has 0 saturated carbocycles. The van der Waals surface area contributed by atoms with E-state index in [1.54, 1.807) is 24.3 Å². The van der Waals surface area contributed by atoms with Gasteiger partial charge in [-0.15, -0.1) is 0 Å². The van der Waals surface area contributed by atoms with E-state index in [0.29, 0.717) is 49.6 Å². The Labute approximate surface area is 237 Å². The summed E-state index contributed by atoms with van der Waals surface area (Å²) in [7, 11) is 0. The van der Waals surface area contributed by atoms with Gasteiger partial charge < -0.3 is 24.8 Å². The molecule has 1 atom stereocenters. The van der Waals surface area contributed by atoms with Gasteiger partial charge in [0.1, 0.15) is 0 Å². The summed E-state index contributed by atoms with van der Waals surface area (Å²) in [5, 5.41) is 9.80. The molecule has 1 aliphatic rings. The van der Waals surface area contributed by atoms with Crippen LogP contribution in [0.4, 0.5) is 5.69 Å². The fourth-order valence-electron chi connectivity index (χ4n) is 3.29. The fraction of sp³-hybridized carbons (Fsp3) is 0.333. The van der Waals surface area contributed by atoms with E-state index in [9.17, 15) is 14.4 Å². The first kappa shape index (κ1) is 29.0. The molecule has 1 fully saturated rings. The highest BCUT2D eigenvalue weighted by Crippen LogP contribution is 2.34. The Balaban J connectivity index is 1.57. The summed E-state index contributed by atoms with van der Waals surface area (Å²) in [5.74, 6) is -1.35. The van der Waals surface area contributed by atoms with Crippen LogP contribution in [0.2, 0.25) is 10.0 Å². The van der Waals surface area contributed by atoms with Crippen molar-refractivity contribution in [2.75, 3.05) is 31.7 Å². The van der Waals surface area contributed by atoms with Gasteiger partial charge >= 0.3 is 11.8 Å². The third-order valence-electron chi connectivity index (χ3n) is 4.98. The van der Waals surface area contributed by atoms with E-state index >= 15 is 0 Å². The van der Waals surface area contributed by atoms with Crippen LogP contribution in [0.5, 0.6) is 11.5 Å². The molecule has 10 nitrogen and oxygen atoms in total. The second kappa shape index (κ2) is 14.4. The highest BCUT2D eigenvalue weighted by atomic mass is 127. The van der Waals surface area contributed by atoms with Gasteiger partial charge in [0.25, 0.3) is 5.91 Å². The lowest BCUT2D eigenvalue weighted by Gasteiger charge is -2.15. The van der Waals surface area contributed by atoms with Gasteiger partial charge in [0.05, 0.1) is 33.2 Å². The minimum absolute atomic E-state index is 0.0682. The summed E-state index contributed by atoms with van der Waals surface area (Å²) in [6.45, 7) is 2.80. The van der Waals surface area contributed by atoms with Crippen LogP contribution in [0.3, 0.4) is 0 Å². The summed E-state index contributed by atoms with van der Waals surface area (Å²) in [4.78, 5) is 36.3. The van der Waals surface area contributed by atoms with E-state index in [1.165, 1.54) is 12.3 Å². The first-order valence-corrected chi connectivity index (χ1v) is 13.2. The van der Waals surface area contributed by atoms with Crippen LogP contribution in [0.15, 0.2) is 35.4 Å². The monoisotopic (exact) mass is 662 g/mol. The molecule has 1 aliphatic heterocycles. The van der Waals surface area contributed by atoms with Crippen molar-refractivity contribution in [3.8, 4) is 11.5 Å². The number of anilines is 1. The largest absolute Gasteiger partial charge is 0.490 e. The Morgan fingerprint density at radius 2 is 2.00 bits per heavy atom. The summed E-state index contributed by atoms with van der Waals surface area (Å²) in [6, 6.07) is 8.09. The van der Waals surface area contributed by atoms with E-state index < -0.39 is 17.7 Å². The lowest BCUT2D eigenvalue weighted by Crippen LogP contribution is -2.41. The highest BCUT2D eigenvalue weighted by Gasteiger charge is 2.19. The van der Waals surface area contributed by atoms with Crippen molar-refractivity contribution in [2.45, 2.75) is 25.9 Å². The quantitative estimate of drug-likeness (QED) is 0.154. The summed E-state index contributed by atoms with van der Waals surface area (Å²) >= 11 is 14.0. The van der Waals surface area contributed by atoms with Gasteiger partial charge in [-0.2, -0.15) is 5.10 Å². The Hall–Kier alpha value is -2.61. The molecule has 198 valence electrons. The maximum absolute atomic E-state index is 12.4. The van der Waals surface area contributed by atoms with Crippen LogP contribution in [-0.2, 0) is 19.1 Å². The number of carbonyl (C=O) groups excluding carboxylic acids is 3. The standard InChI is InChI=1S/C24H25Cl2IN4O6/c1-2-35-20-9-14(11-29-31-24(34)23(33)28-12-16-4-3-7-36-16)8-18(27)22(20)37-13-21(32)30-19-6-5-15(25)10-17(19)26/h5-6,8-11,16H,2-4,7,12-13H2,1H3,(H,28,33)(H,30,32)(H,31,34)/b29-11-/t16-/m0/s1. The third-order valence-corrected chi connectivity index (χ3v) is 6.33. The minimum atomic E-state index is -0.888. The van der Waals surface area contributed by atoms with E-state index in [1.807, 2.05) is 29.5 Å². The number of rotatable bonds is 10. The molecule has 3 N–H and O–H groups in total. The second-order valence-corrected chi connectivity index (χ2v) is 9.77. The fourth-order valence-corrected chi connectivity index (χ4v) is 4.53. The van der Waals surface area contributed by atoms with Crippen LogP contribution in [0.25, 0.3) is 0 Å². The molecule has 13 heteroatoms. The Morgan fingerprint density at radius 1 is 1.19 bits per heavy atom. The predicted octanol–water partition coefficient (Wildman–Crippen LogP) is 3.76. The van der Waals surface area contributed by atoms with Gasteiger partial charge in [-0.3, -0.25) is 14.4 Å². The Kier molecular flexibility index (Phi) is 11.2. The van der Waals surface area contributed by atoms with Gasteiger partial charge in [0.2, 0.25) is 0 Å². The molecule has 0 bridgehead atoms. The van der Waals surface area contributed by atoms with Gasteiger partial charge in [0.15, 0.2) is 18.1 Å². The smallest absolute Gasteiger partial charge is 0.329 e. The van der Waals surface area contributed by atoms with Crippen LogP contribution in [-0.4, -0.2) is 56.4 Å². The predicted molar refractivity (Wildman–Crippen MR) is 149 cm³/mol. The SMILES string of the molecule is CCOc1cc(/C=N\NC(=O)C(=O)NC[C@@H]2CCCO2)cc(I)c1OCC(=O)Nc1ccc(Cl)cc1Cl. The molecule has 0 aromatic heterocycles. The van der Waals surface area contributed by atoms with Crippen molar-refractivity contribution in [1.82, 2.24) is 10.7 Å². The summed E-state index contributed by atoms with van der Waals surface area (Å²) < 4.78 is 17.4. The highest BCUT2D eigenvalue weighted by molar-refractivity contribution is 14.1. The molecule has 0 unspecified atom stereocenters. The molecule has 0 radical (unpaired) electrons. The van der Waals surface area contributed by atoms with Crippen molar-refractivity contribution in [3.63, 3.8) is 0 Å². The van der Waals surface area contributed by atoms with Crippen LogP contribution in [0, 0.1) is 3.57 Å². The van der Waals surface area contributed by atoms with E-state index in [4.69, 9.17) is 37.4 Å². The molecule has 0 aliphatic carbocycles. The average Bonchev–Trinajstić information content (AvgIpc) is 3.37. The number of nitrogens with zero attached hydrogens (tertiary/aromatic N) is 1. The number of benzene rings is 2. The van der Waals surface area contributed by atoms with Crippen LogP contribution >= 0.6 is 45.8 Å². The van der Waals surface area contributed by atoms with Gasteiger partial charge in [-0.25, -0.2) is 5.43 Å². The zero-order chi connectivity index (χ0) is 26.8. The Morgan fingerprint density at radius 3 is 2.70 bits per heavy atom. The van der Waals surface area contributed by atoms with Gasteiger partial charge in [-0.05, 0) is 78.3 Å². The van der Waals surface area contributed by atoms with E-state index in [-0.39, 0.29) is 19.3 Å². The molecule has 0 spiro atoms. The van der Waals surface area contributed by atoms with E-state index in [2.05, 4.69) is 21.2 Å². The van der Waals surface area contributed by atoms with Gasteiger partial charge in [0, 0.05) is 18.2 Å². The second-order valence-electron chi connectivity index (χ2n) is 7.77. The number of nitrogens with one attached hydrogen (secondary N) is 3. The minimum Gasteiger partial charge on any atom is -0.490 e. The van der Waals surface area contributed by atoms with Crippen molar-refractivity contribution in [1.29, 1.82) is 0 Å². The van der Waals surface area contributed by atoms with Crippen molar-refractivity contribution in [3.05, 3.63) is 49.5 Å². The average molecular weight is 663 g/mol. The third kappa shape index (κ3) is 9.02. The van der Waals surface area contributed by atoms with E-state index in [0.717, 1.165) is 12.8 Å². The summed E-state index contributed by atoms with van der Waals surface area (Å²) in [6.07, 6.45) is 3.09. The molecule has 1 saturated heterocycles. The first-order chi connectivity index (χ1) is 17.8. The van der Waals surface area contributed by atoms with Gasteiger partial charge in [-0.1, -0.05) is 23.2 Å². The maximum Gasteiger partial charge on any atom is 0.329 e.